The molecule has 0 fully saturated rings. The summed E-state index contributed by atoms with van der Waals surface area (Å²) >= 11 is 1.49. The molecule has 0 saturated carbocycles. The lowest BCUT2D eigenvalue weighted by atomic mass is 10.1. The summed E-state index contributed by atoms with van der Waals surface area (Å²) in [5.74, 6) is -2.24. The van der Waals surface area contributed by atoms with E-state index < -0.39 is 23.6 Å². The first-order valence-electron chi connectivity index (χ1n) is 6.49. The molecule has 0 radical (unpaired) electrons. The maximum absolute atomic E-state index is 13.9. The Morgan fingerprint density at radius 1 is 1.29 bits per heavy atom. The number of hydrogen-bond acceptors (Lipinski definition) is 4. The molecule has 0 aliphatic heterocycles. The molecule has 0 amide bonds. The Kier molecular flexibility index (Phi) is 5.41. The van der Waals surface area contributed by atoms with E-state index in [0.29, 0.717) is 6.54 Å². The van der Waals surface area contributed by atoms with Crippen LogP contribution in [-0.2, 0) is 16.1 Å². The normalized spacial score (nSPS) is 12.1. The molecule has 1 atom stereocenters. The second kappa shape index (κ2) is 7.28. The Balaban J connectivity index is 2.25. The van der Waals surface area contributed by atoms with Gasteiger partial charge in [0, 0.05) is 11.4 Å². The molecule has 0 aliphatic rings. The van der Waals surface area contributed by atoms with E-state index in [1.54, 1.807) is 6.92 Å². The number of rotatable bonds is 6. The molecule has 2 aromatic rings. The van der Waals surface area contributed by atoms with E-state index in [4.69, 9.17) is 4.74 Å². The number of benzene rings is 1. The van der Waals surface area contributed by atoms with Crippen LogP contribution in [0.4, 0.5) is 8.78 Å². The van der Waals surface area contributed by atoms with E-state index in [1.165, 1.54) is 17.4 Å². The topological polar surface area (TPSA) is 38.3 Å². The van der Waals surface area contributed by atoms with Gasteiger partial charge < -0.3 is 4.74 Å². The van der Waals surface area contributed by atoms with Gasteiger partial charge in [0.2, 0.25) is 0 Å². The highest BCUT2D eigenvalue weighted by Gasteiger charge is 2.27. The second-order valence-electron chi connectivity index (χ2n) is 4.28. The third-order valence-corrected chi connectivity index (χ3v) is 3.75. The third-order valence-electron chi connectivity index (χ3n) is 2.87. The van der Waals surface area contributed by atoms with E-state index in [1.807, 2.05) is 17.5 Å². The van der Waals surface area contributed by atoms with Crippen LogP contribution >= 0.6 is 11.3 Å². The smallest absolute Gasteiger partial charge is 0.328 e. The molecule has 6 heteroatoms. The van der Waals surface area contributed by atoms with Crippen LogP contribution in [0.2, 0.25) is 0 Å². The van der Waals surface area contributed by atoms with Crippen molar-refractivity contribution in [1.82, 2.24) is 5.32 Å². The Labute approximate surface area is 125 Å². The van der Waals surface area contributed by atoms with Crippen LogP contribution in [0, 0.1) is 11.6 Å². The molecule has 1 aromatic heterocycles. The van der Waals surface area contributed by atoms with Crippen LogP contribution in [-0.4, -0.2) is 12.6 Å². The molecule has 2 rings (SSSR count). The highest BCUT2D eigenvalue weighted by atomic mass is 32.1. The quantitative estimate of drug-likeness (QED) is 0.831. The molecule has 1 N–H and O–H groups in total. The van der Waals surface area contributed by atoms with Crippen molar-refractivity contribution in [2.75, 3.05) is 6.61 Å². The van der Waals surface area contributed by atoms with Gasteiger partial charge in [-0.3, -0.25) is 5.32 Å². The molecule has 0 spiro atoms. The van der Waals surface area contributed by atoms with Gasteiger partial charge in [-0.15, -0.1) is 11.3 Å². The fourth-order valence-electron chi connectivity index (χ4n) is 1.93. The zero-order valence-electron chi connectivity index (χ0n) is 11.4. The van der Waals surface area contributed by atoms with E-state index >= 15 is 0 Å². The maximum Gasteiger partial charge on any atom is 0.328 e. The summed E-state index contributed by atoms with van der Waals surface area (Å²) in [6, 6.07) is 6.07. The monoisotopic (exact) mass is 311 g/mol. The largest absolute Gasteiger partial charge is 0.465 e. The van der Waals surface area contributed by atoms with E-state index in [2.05, 4.69) is 5.32 Å². The lowest BCUT2D eigenvalue weighted by Gasteiger charge is -2.18. The first-order chi connectivity index (χ1) is 10.1. The zero-order valence-corrected chi connectivity index (χ0v) is 12.3. The van der Waals surface area contributed by atoms with Crippen molar-refractivity contribution >= 4 is 17.3 Å². The highest BCUT2D eigenvalue weighted by Crippen LogP contribution is 2.23. The fourth-order valence-corrected chi connectivity index (χ4v) is 2.59. The molecule has 112 valence electrons. The Hall–Kier alpha value is -1.79. The summed E-state index contributed by atoms with van der Waals surface area (Å²) in [6.07, 6.45) is 0. The first-order valence-corrected chi connectivity index (χ1v) is 7.37. The number of carbonyl (C=O) groups is 1. The summed E-state index contributed by atoms with van der Waals surface area (Å²) in [6.45, 7) is 2.12. The fraction of sp³-hybridized carbons (Fsp3) is 0.267. The Morgan fingerprint density at radius 2 is 2.00 bits per heavy atom. The van der Waals surface area contributed by atoms with Crippen molar-refractivity contribution in [1.29, 1.82) is 0 Å². The molecule has 1 aromatic carbocycles. The van der Waals surface area contributed by atoms with Crippen molar-refractivity contribution in [3.8, 4) is 0 Å². The van der Waals surface area contributed by atoms with Crippen molar-refractivity contribution in [2.24, 2.45) is 0 Å². The summed E-state index contributed by atoms with van der Waals surface area (Å²) in [5, 5.41) is 4.75. The molecule has 21 heavy (non-hydrogen) atoms. The lowest BCUT2D eigenvalue weighted by molar-refractivity contribution is -0.146. The number of hydrogen-bond donors (Lipinski definition) is 1. The van der Waals surface area contributed by atoms with Gasteiger partial charge in [-0.05, 0) is 30.5 Å². The standard InChI is InChI=1S/C15H15F2NO2S/c1-2-20-15(19)14(18-9-10-5-4-8-21-10)13-11(16)6-3-7-12(13)17/h3-8,14,18H,2,9H2,1H3. The number of ether oxygens (including phenoxy) is 1. The molecule has 0 saturated heterocycles. The van der Waals surface area contributed by atoms with Crippen molar-refractivity contribution < 1.29 is 18.3 Å². The lowest BCUT2D eigenvalue weighted by Crippen LogP contribution is -2.31. The summed E-state index contributed by atoms with van der Waals surface area (Å²) < 4.78 is 32.7. The minimum Gasteiger partial charge on any atom is -0.465 e. The summed E-state index contributed by atoms with van der Waals surface area (Å²) in [4.78, 5) is 13.0. The summed E-state index contributed by atoms with van der Waals surface area (Å²) in [5.41, 5.74) is -0.312. The van der Waals surface area contributed by atoms with E-state index in [9.17, 15) is 13.6 Å². The van der Waals surface area contributed by atoms with E-state index in [0.717, 1.165) is 17.0 Å². The predicted molar refractivity (Wildman–Crippen MR) is 76.9 cm³/mol. The molecular formula is C15H15F2NO2S. The minimum atomic E-state index is -1.17. The number of thiophene rings is 1. The van der Waals surface area contributed by atoms with Crippen LogP contribution < -0.4 is 5.32 Å². The average Bonchev–Trinajstić information content (AvgIpc) is 2.95. The van der Waals surface area contributed by atoms with Crippen LogP contribution in [0.3, 0.4) is 0 Å². The van der Waals surface area contributed by atoms with Gasteiger partial charge in [0.15, 0.2) is 0 Å². The number of nitrogens with one attached hydrogen (secondary N) is 1. The van der Waals surface area contributed by atoms with Gasteiger partial charge in [0.05, 0.1) is 12.2 Å². The van der Waals surface area contributed by atoms with Crippen LogP contribution in [0.1, 0.15) is 23.4 Å². The molecule has 1 heterocycles. The van der Waals surface area contributed by atoms with Crippen LogP contribution in [0.5, 0.6) is 0 Å². The zero-order chi connectivity index (χ0) is 15.2. The van der Waals surface area contributed by atoms with Crippen LogP contribution in [0.25, 0.3) is 0 Å². The number of esters is 1. The predicted octanol–water partition coefficient (Wildman–Crippen LogP) is 3.42. The van der Waals surface area contributed by atoms with Gasteiger partial charge in [-0.2, -0.15) is 0 Å². The molecule has 1 unspecified atom stereocenters. The Bertz CT molecular complexity index is 581. The first kappa shape index (κ1) is 15.6. The van der Waals surface area contributed by atoms with Crippen molar-refractivity contribution in [3.05, 3.63) is 57.8 Å². The minimum absolute atomic E-state index is 0.145. The third kappa shape index (κ3) is 3.86. The number of carbonyl (C=O) groups excluding carboxylic acids is 1. The van der Waals surface area contributed by atoms with Gasteiger partial charge >= 0.3 is 5.97 Å². The molecule has 0 bridgehead atoms. The SMILES string of the molecule is CCOC(=O)C(NCc1cccs1)c1c(F)cccc1F. The highest BCUT2D eigenvalue weighted by molar-refractivity contribution is 7.09. The van der Waals surface area contributed by atoms with Gasteiger partial charge in [-0.1, -0.05) is 12.1 Å². The van der Waals surface area contributed by atoms with Gasteiger partial charge in [0.1, 0.15) is 17.7 Å². The van der Waals surface area contributed by atoms with Gasteiger partial charge in [-0.25, -0.2) is 13.6 Å². The van der Waals surface area contributed by atoms with Crippen molar-refractivity contribution in [2.45, 2.75) is 19.5 Å². The summed E-state index contributed by atoms with van der Waals surface area (Å²) in [7, 11) is 0. The number of halogens is 2. The van der Waals surface area contributed by atoms with Gasteiger partial charge in [0.25, 0.3) is 0 Å². The van der Waals surface area contributed by atoms with Crippen LogP contribution in [0.15, 0.2) is 35.7 Å². The van der Waals surface area contributed by atoms with Crippen molar-refractivity contribution in [3.63, 3.8) is 0 Å². The molecule has 3 nitrogen and oxygen atoms in total. The molecule has 0 aliphatic carbocycles. The average molecular weight is 311 g/mol. The second-order valence-corrected chi connectivity index (χ2v) is 5.31. The van der Waals surface area contributed by atoms with E-state index in [-0.39, 0.29) is 12.2 Å². The Morgan fingerprint density at radius 3 is 2.57 bits per heavy atom. The molecular weight excluding hydrogens is 296 g/mol. The maximum atomic E-state index is 13.9.